The van der Waals surface area contributed by atoms with Crippen molar-refractivity contribution in [2.24, 2.45) is 0 Å². The molecular formula is C19H17Cl2N3O4S. The number of ether oxygens (including phenoxy) is 2. The van der Waals surface area contributed by atoms with Crippen LogP contribution in [0.5, 0.6) is 11.5 Å². The number of carbonyl (C=O) groups is 1. The third-order valence-corrected chi connectivity index (χ3v) is 5.00. The Balaban J connectivity index is 1.51. The molecule has 0 saturated carbocycles. The van der Waals surface area contributed by atoms with Gasteiger partial charge < -0.3 is 19.2 Å². The molecule has 1 amide bonds. The predicted octanol–water partition coefficient (Wildman–Crippen LogP) is 5.00. The first-order valence-electron chi connectivity index (χ1n) is 8.42. The molecular weight excluding hydrogens is 437 g/mol. The Bertz CT molecular complexity index is 1010. The molecule has 0 fully saturated rings. The lowest BCUT2D eigenvalue weighted by atomic mass is 10.2. The Morgan fingerprint density at radius 2 is 1.97 bits per heavy atom. The topological polar surface area (TPSA) is 86.5 Å². The number of methoxy groups -OCH3 is 1. The fourth-order valence-corrected chi connectivity index (χ4v) is 3.36. The minimum absolute atomic E-state index is 0.0433. The van der Waals surface area contributed by atoms with Crippen LogP contribution in [0, 0.1) is 6.92 Å². The number of anilines is 1. The maximum Gasteiger partial charge on any atom is 0.277 e. The van der Waals surface area contributed by atoms with Gasteiger partial charge in [-0.1, -0.05) is 41.0 Å². The number of thioether (sulfide) groups is 1. The summed E-state index contributed by atoms with van der Waals surface area (Å²) in [5.74, 6) is 1.19. The Labute approximate surface area is 181 Å². The lowest BCUT2D eigenvalue weighted by molar-refractivity contribution is -0.113. The fraction of sp³-hybridized carbons (Fsp3) is 0.211. The van der Waals surface area contributed by atoms with E-state index in [9.17, 15) is 4.79 Å². The van der Waals surface area contributed by atoms with Crippen LogP contribution in [0.1, 0.15) is 11.5 Å². The zero-order valence-electron chi connectivity index (χ0n) is 15.6. The van der Waals surface area contributed by atoms with Crippen molar-refractivity contribution < 1.29 is 18.7 Å². The van der Waals surface area contributed by atoms with Crippen LogP contribution in [-0.2, 0) is 11.4 Å². The van der Waals surface area contributed by atoms with Crippen molar-refractivity contribution in [3.63, 3.8) is 0 Å². The van der Waals surface area contributed by atoms with Crippen LogP contribution in [-0.4, -0.2) is 29.0 Å². The van der Waals surface area contributed by atoms with Crippen molar-refractivity contribution in [3.8, 4) is 11.5 Å². The summed E-state index contributed by atoms with van der Waals surface area (Å²) in [5, 5.41) is 11.8. The molecule has 0 aliphatic heterocycles. The molecule has 0 atom stereocenters. The van der Waals surface area contributed by atoms with Crippen LogP contribution in [0.2, 0.25) is 10.0 Å². The molecule has 1 heterocycles. The van der Waals surface area contributed by atoms with Crippen molar-refractivity contribution >= 4 is 46.6 Å². The number of nitrogens with zero attached hydrogens (tertiary/aromatic N) is 2. The number of amides is 1. The molecule has 0 spiro atoms. The molecule has 0 unspecified atom stereocenters. The summed E-state index contributed by atoms with van der Waals surface area (Å²) in [4.78, 5) is 12.2. The van der Waals surface area contributed by atoms with Crippen LogP contribution < -0.4 is 14.8 Å². The van der Waals surface area contributed by atoms with E-state index >= 15 is 0 Å². The summed E-state index contributed by atoms with van der Waals surface area (Å²) in [7, 11) is 1.55. The summed E-state index contributed by atoms with van der Waals surface area (Å²) < 4.78 is 16.3. The zero-order valence-corrected chi connectivity index (χ0v) is 17.9. The molecule has 3 aromatic rings. The molecule has 0 aliphatic rings. The molecule has 1 aromatic heterocycles. The van der Waals surface area contributed by atoms with Crippen LogP contribution in [0.25, 0.3) is 0 Å². The minimum Gasteiger partial charge on any atom is -0.495 e. The van der Waals surface area contributed by atoms with E-state index in [-0.39, 0.29) is 29.4 Å². The SMILES string of the molecule is COc1ccc(C)cc1NC(=O)CSc1nnc(COc2ccc(Cl)cc2Cl)o1. The Morgan fingerprint density at radius 1 is 1.17 bits per heavy atom. The van der Waals surface area contributed by atoms with Crippen LogP contribution >= 0.6 is 35.0 Å². The predicted molar refractivity (Wildman–Crippen MR) is 112 cm³/mol. The fourth-order valence-electron chi connectivity index (χ4n) is 2.32. The zero-order chi connectivity index (χ0) is 20.8. The molecule has 10 heteroatoms. The number of aromatic nitrogens is 2. The number of aryl methyl sites for hydroxylation is 1. The molecule has 7 nitrogen and oxygen atoms in total. The van der Waals surface area contributed by atoms with E-state index in [1.54, 1.807) is 31.4 Å². The second-order valence-electron chi connectivity index (χ2n) is 5.87. The largest absolute Gasteiger partial charge is 0.495 e. The molecule has 0 radical (unpaired) electrons. The highest BCUT2D eigenvalue weighted by Crippen LogP contribution is 2.28. The van der Waals surface area contributed by atoms with Gasteiger partial charge in [0.25, 0.3) is 11.1 Å². The van der Waals surface area contributed by atoms with E-state index in [4.69, 9.17) is 37.1 Å². The molecule has 1 N–H and O–H groups in total. The molecule has 0 aliphatic carbocycles. The lowest BCUT2D eigenvalue weighted by Gasteiger charge is -2.10. The van der Waals surface area contributed by atoms with Gasteiger partial charge in [-0.3, -0.25) is 4.79 Å². The normalized spacial score (nSPS) is 10.6. The summed E-state index contributed by atoms with van der Waals surface area (Å²) in [5.41, 5.74) is 1.62. The number of benzene rings is 2. The lowest BCUT2D eigenvalue weighted by Crippen LogP contribution is -2.14. The number of rotatable bonds is 8. The Hall–Kier alpha value is -2.42. The number of carbonyl (C=O) groups excluding carboxylic acids is 1. The van der Waals surface area contributed by atoms with Gasteiger partial charge in [0.2, 0.25) is 5.91 Å². The number of hydrogen-bond donors (Lipinski definition) is 1. The number of nitrogens with one attached hydrogen (secondary N) is 1. The third kappa shape index (κ3) is 6.03. The molecule has 0 bridgehead atoms. The summed E-state index contributed by atoms with van der Waals surface area (Å²) in [6.07, 6.45) is 0. The van der Waals surface area contributed by atoms with Gasteiger partial charge in [0.1, 0.15) is 11.5 Å². The number of hydrogen-bond acceptors (Lipinski definition) is 7. The maximum atomic E-state index is 12.2. The second kappa shape index (κ2) is 9.87. The van der Waals surface area contributed by atoms with Crippen molar-refractivity contribution in [2.45, 2.75) is 18.8 Å². The molecule has 3 rings (SSSR count). The highest BCUT2D eigenvalue weighted by atomic mass is 35.5. The van der Waals surface area contributed by atoms with E-state index in [0.717, 1.165) is 17.3 Å². The van der Waals surface area contributed by atoms with Gasteiger partial charge in [0, 0.05) is 5.02 Å². The molecule has 152 valence electrons. The van der Waals surface area contributed by atoms with Crippen LogP contribution in [0.3, 0.4) is 0 Å². The molecule has 0 saturated heterocycles. The van der Waals surface area contributed by atoms with Crippen molar-refractivity contribution in [2.75, 3.05) is 18.2 Å². The average molecular weight is 454 g/mol. The average Bonchev–Trinajstić information content (AvgIpc) is 3.14. The van der Waals surface area contributed by atoms with E-state index in [1.807, 2.05) is 19.1 Å². The monoisotopic (exact) mass is 453 g/mol. The van der Waals surface area contributed by atoms with Gasteiger partial charge in [0.05, 0.1) is 23.6 Å². The first-order chi connectivity index (χ1) is 13.9. The van der Waals surface area contributed by atoms with E-state index in [0.29, 0.717) is 27.2 Å². The third-order valence-electron chi connectivity index (χ3n) is 3.65. The van der Waals surface area contributed by atoms with E-state index in [1.165, 1.54) is 0 Å². The summed E-state index contributed by atoms with van der Waals surface area (Å²) in [6.45, 7) is 1.98. The van der Waals surface area contributed by atoms with Crippen molar-refractivity contribution in [3.05, 3.63) is 57.9 Å². The van der Waals surface area contributed by atoms with Gasteiger partial charge in [-0.2, -0.15) is 0 Å². The molecule has 2 aromatic carbocycles. The Kier molecular flexibility index (Phi) is 7.24. The first-order valence-corrected chi connectivity index (χ1v) is 10.2. The van der Waals surface area contributed by atoms with Gasteiger partial charge in [-0.15, -0.1) is 10.2 Å². The van der Waals surface area contributed by atoms with Crippen LogP contribution in [0.4, 0.5) is 5.69 Å². The maximum absolute atomic E-state index is 12.2. The van der Waals surface area contributed by atoms with Crippen molar-refractivity contribution in [1.82, 2.24) is 10.2 Å². The van der Waals surface area contributed by atoms with Gasteiger partial charge >= 0.3 is 0 Å². The van der Waals surface area contributed by atoms with Gasteiger partial charge in [0.15, 0.2) is 6.61 Å². The number of halogens is 2. The minimum atomic E-state index is -0.220. The van der Waals surface area contributed by atoms with Crippen molar-refractivity contribution in [1.29, 1.82) is 0 Å². The highest BCUT2D eigenvalue weighted by molar-refractivity contribution is 7.99. The van der Waals surface area contributed by atoms with E-state index < -0.39 is 0 Å². The quantitative estimate of drug-likeness (QED) is 0.479. The molecule has 29 heavy (non-hydrogen) atoms. The standard InChI is InChI=1S/C19H17Cl2N3O4S/c1-11-3-5-16(26-2)14(7-11)22-17(25)10-29-19-24-23-18(28-19)9-27-15-6-4-12(20)8-13(15)21/h3-8H,9-10H2,1-2H3,(H,22,25). The smallest absolute Gasteiger partial charge is 0.277 e. The Morgan fingerprint density at radius 3 is 2.72 bits per heavy atom. The second-order valence-corrected chi connectivity index (χ2v) is 7.64. The van der Waals surface area contributed by atoms with Gasteiger partial charge in [-0.25, -0.2) is 0 Å². The van der Waals surface area contributed by atoms with Gasteiger partial charge in [-0.05, 0) is 42.8 Å². The highest BCUT2D eigenvalue weighted by Gasteiger charge is 2.13. The van der Waals surface area contributed by atoms with E-state index in [2.05, 4.69) is 15.5 Å². The first kappa shape index (κ1) is 21.3. The summed E-state index contributed by atoms with van der Waals surface area (Å²) in [6, 6.07) is 10.4. The summed E-state index contributed by atoms with van der Waals surface area (Å²) >= 11 is 13.0. The van der Waals surface area contributed by atoms with Crippen LogP contribution in [0.15, 0.2) is 46.0 Å².